The number of amides is 3. The predicted octanol–water partition coefficient (Wildman–Crippen LogP) is 2.05. The molecule has 2 heterocycles. The van der Waals surface area contributed by atoms with Crippen LogP contribution in [0.25, 0.3) is 0 Å². The molecular weight excluding hydrogens is 372 g/mol. The van der Waals surface area contributed by atoms with Crippen molar-refractivity contribution in [2.24, 2.45) is 0 Å². The summed E-state index contributed by atoms with van der Waals surface area (Å²) in [7, 11) is 1.57. The molecule has 4 rings (SSSR count). The number of hydrogen-bond acceptors (Lipinski definition) is 5. The second kappa shape index (κ2) is 8.05. The highest BCUT2D eigenvalue weighted by atomic mass is 16.5. The van der Waals surface area contributed by atoms with Crippen LogP contribution in [0.2, 0.25) is 0 Å². The summed E-state index contributed by atoms with van der Waals surface area (Å²) < 4.78 is 10.8. The van der Waals surface area contributed by atoms with Gasteiger partial charge in [0.1, 0.15) is 11.9 Å². The van der Waals surface area contributed by atoms with Crippen molar-refractivity contribution in [1.29, 1.82) is 0 Å². The van der Waals surface area contributed by atoms with E-state index in [0.29, 0.717) is 37.2 Å². The molecule has 7 nitrogen and oxygen atoms in total. The maximum atomic E-state index is 12.6. The first kappa shape index (κ1) is 19.1. The molecule has 29 heavy (non-hydrogen) atoms. The normalized spacial score (nSPS) is 17.1. The summed E-state index contributed by atoms with van der Waals surface area (Å²) in [5.41, 5.74) is 2.07. The zero-order chi connectivity index (χ0) is 20.4. The van der Waals surface area contributed by atoms with Crippen LogP contribution in [0.3, 0.4) is 0 Å². The lowest BCUT2D eigenvalue weighted by molar-refractivity contribution is 0.0638. The van der Waals surface area contributed by atoms with E-state index in [4.69, 9.17) is 9.47 Å². The molecule has 2 aromatic carbocycles. The maximum absolute atomic E-state index is 12.6. The zero-order valence-corrected chi connectivity index (χ0v) is 16.1. The molecule has 0 radical (unpaired) electrons. The average Bonchev–Trinajstić information content (AvgIpc) is 3.26. The number of imide groups is 1. The summed E-state index contributed by atoms with van der Waals surface area (Å²) in [6.07, 6.45) is 1.19. The molecule has 3 amide bonds. The van der Waals surface area contributed by atoms with Crippen LogP contribution in [0.5, 0.6) is 5.75 Å². The van der Waals surface area contributed by atoms with Gasteiger partial charge in [-0.1, -0.05) is 18.2 Å². The maximum Gasteiger partial charge on any atom is 0.261 e. The van der Waals surface area contributed by atoms with E-state index in [2.05, 4.69) is 5.32 Å². The van der Waals surface area contributed by atoms with Gasteiger partial charge >= 0.3 is 0 Å². The molecule has 0 saturated heterocycles. The third kappa shape index (κ3) is 3.73. The van der Waals surface area contributed by atoms with E-state index in [0.717, 1.165) is 17.7 Å². The Balaban J connectivity index is 1.39. The Hall–Kier alpha value is -3.19. The van der Waals surface area contributed by atoms with Crippen LogP contribution < -0.4 is 10.1 Å². The molecule has 150 valence electrons. The van der Waals surface area contributed by atoms with Crippen molar-refractivity contribution in [1.82, 2.24) is 10.2 Å². The second-order valence-electron chi connectivity index (χ2n) is 7.13. The molecule has 0 aliphatic carbocycles. The first-order valence-electron chi connectivity index (χ1n) is 9.60. The quantitative estimate of drug-likeness (QED) is 0.574. The highest BCUT2D eigenvalue weighted by Crippen LogP contribution is 2.28. The largest absolute Gasteiger partial charge is 0.488 e. The topological polar surface area (TPSA) is 84.9 Å². The first-order valence-corrected chi connectivity index (χ1v) is 9.60. The van der Waals surface area contributed by atoms with Crippen molar-refractivity contribution in [2.45, 2.75) is 18.9 Å². The lowest BCUT2D eigenvalue weighted by atomic mass is 10.1. The molecule has 2 aromatic rings. The van der Waals surface area contributed by atoms with Crippen molar-refractivity contribution >= 4 is 17.7 Å². The Morgan fingerprint density at radius 2 is 1.97 bits per heavy atom. The summed E-state index contributed by atoms with van der Waals surface area (Å²) in [5, 5.41) is 2.86. The Morgan fingerprint density at radius 1 is 1.17 bits per heavy atom. The molecule has 7 heteroatoms. The highest BCUT2D eigenvalue weighted by Gasteiger charge is 2.35. The lowest BCUT2D eigenvalue weighted by Crippen LogP contribution is -2.34. The summed E-state index contributed by atoms with van der Waals surface area (Å²) in [4.78, 5) is 38.8. The summed E-state index contributed by atoms with van der Waals surface area (Å²) in [6.45, 7) is 1.12. The minimum atomic E-state index is -0.370. The van der Waals surface area contributed by atoms with E-state index in [1.165, 1.54) is 11.0 Å². The molecule has 0 aromatic heterocycles. The van der Waals surface area contributed by atoms with Crippen molar-refractivity contribution in [3.63, 3.8) is 0 Å². The van der Waals surface area contributed by atoms with Gasteiger partial charge in [-0.2, -0.15) is 0 Å². The summed E-state index contributed by atoms with van der Waals surface area (Å²) >= 11 is 0. The Kier molecular flexibility index (Phi) is 5.31. The van der Waals surface area contributed by atoms with Crippen molar-refractivity contribution in [3.8, 4) is 5.75 Å². The fourth-order valence-electron chi connectivity index (χ4n) is 3.68. The van der Waals surface area contributed by atoms with Crippen molar-refractivity contribution < 1.29 is 23.9 Å². The van der Waals surface area contributed by atoms with Gasteiger partial charge in [-0.05, 0) is 36.2 Å². The second-order valence-corrected chi connectivity index (χ2v) is 7.13. The van der Waals surface area contributed by atoms with Crippen LogP contribution in [0, 0.1) is 0 Å². The van der Waals surface area contributed by atoms with Crippen LogP contribution in [-0.4, -0.2) is 55.5 Å². The SMILES string of the molecule is COCCCN1C(=O)c2ccc(C(=O)NCC3Cc4ccccc4O3)cc2C1=O. The van der Waals surface area contributed by atoms with Crippen LogP contribution in [-0.2, 0) is 11.2 Å². The fourth-order valence-corrected chi connectivity index (χ4v) is 3.68. The van der Waals surface area contributed by atoms with E-state index >= 15 is 0 Å². The standard InChI is InChI=1S/C22H22N2O5/c1-28-10-4-9-24-21(26)17-8-7-15(12-18(17)22(24)27)20(25)23-13-16-11-14-5-2-3-6-19(14)29-16/h2-3,5-8,12,16H,4,9-11,13H2,1H3,(H,23,25). The molecule has 0 fully saturated rings. The first-order chi connectivity index (χ1) is 14.1. The number of para-hydroxylation sites is 1. The average molecular weight is 394 g/mol. The van der Waals surface area contributed by atoms with Crippen molar-refractivity contribution in [3.05, 3.63) is 64.7 Å². The van der Waals surface area contributed by atoms with Gasteiger partial charge in [0, 0.05) is 32.2 Å². The number of hydrogen-bond donors (Lipinski definition) is 1. The lowest BCUT2D eigenvalue weighted by Gasteiger charge is -2.13. The number of nitrogens with zero attached hydrogens (tertiary/aromatic N) is 1. The van der Waals surface area contributed by atoms with Gasteiger partial charge in [-0.25, -0.2) is 0 Å². The molecule has 0 spiro atoms. The molecule has 0 bridgehead atoms. The van der Waals surface area contributed by atoms with E-state index in [1.807, 2.05) is 24.3 Å². The summed E-state index contributed by atoms with van der Waals surface area (Å²) in [5.74, 6) is -0.150. The molecular formula is C22H22N2O5. The van der Waals surface area contributed by atoms with Gasteiger partial charge in [0.15, 0.2) is 0 Å². The van der Waals surface area contributed by atoms with Gasteiger partial charge in [0.2, 0.25) is 0 Å². The minimum absolute atomic E-state index is 0.120. The molecule has 1 N–H and O–H groups in total. The number of fused-ring (bicyclic) bond motifs is 2. The number of ether oxygens (including phenoxy) is 2. The van der Waals surface area contributed by atoms with Crippen molar-refractivity contribution in [2.75, 3.05) is 26.8 Å². The van der Waals surface area contributed by atoms with E-state index in [1.54, 1.807) is 19.2 Å². The number of methoxy groups -OCH3 is 1. The van der Waals surface area contributed by atoms with Gasteiger partial charge in [-0.15, -0.1) is 0 Å². The van der Waals surface area contributed by atoms with E-state index in [9.17, 15) is 14.4 Å². The van der Waals surface area contributed by atoms with Crippen LogP contribution in [0.4, 0.5) is 0 Å². The van der Waals surface area contributed by atoms with Gasteiger partial charge in [0.25, 0.3) is 17.7 Å². The zero-order valence-electron chi connectivity index (χ0n) is 16.1. The monoisotopic (exact) mass is 394 g/mol. The number of carbonyl (C=O) groups excluding carboxylic acids is 3. The predicted molar refractivity (Wildman–Crippen MR) is 105 cm³/mol. The van der Waals surface area contributed by atoms with Crippen LogP contribution in [0.15, 0.2) is 42.5 Å². The molecule has 2 aliphatic heterocycles. The van der Waals surface area contributed by atoms with Crippen LogP contribution in [0.1, 0.15) is 43.1 Å². The molecule has 1 atom stereocenters. The Labute approximate surface area is 168 Å². The molecule has 0 saturated carbocycles. The number of nitrogens with one attached hydrogen (secondary N) is 1. The van der Waals surface area contributed by atoms with E-state index < -0.39 is 0 Å². The Bertz CT molecular complexity index is 946. The smallest absolute Gasteiger partial charge is 0.261 e. The molecule has 1 unspecified atom stereocenters. The minimum Gasteiger partial charge on any atom is -0.488 e. The van der Waals surface area contributed by atoms with Gasteiger partial charge in [-0.3, -0.25) is 19.3 Å². The van der Waals surface area contributed by atoms with Gasteiger partial charge in [0.05, 0.1) is 17.7 Å². The summed E-state index contributed by atoms with van der Waals surface area (Å²) in [6, 6.07) is 12.4. The van der Waals surface area contributed by atoms with Crippen LogP contribution >= 0.6 is 0 Å². The third-order valence-electron chi connectivity index (χ3n) is 5.17. The third-order valence-corrected chi connectivity index (χ3v) is 5.17. The highest BCUT2D eigenvalue weighted by molar-refractivity contribution is 6.22. The Morgan fingerprint density at radius 3 is 2.76 bits per heavy atom. The number of benzene rings is 2. The fraction of sp³-hybridized carbons (Fsp3) is 0.318. The molecule has 2 aliphatic rings. The van der Waals surface area contributed by atoms with E-state index in [-0.39, 0.29) is 29.4 Å². The van der Waals surface area contributed by atoms with Gasteiger partial charge < -0.3 is 14.8 Å². The number of rotatable bonds is 7. The number of carbonyl (C=O) groups is 3.